The van der Waals surface area contributed by atoms with Gasteiger partial charge in [-0.1, -0.05) is 0 Å². The van der Waals surface area contributed by atoms with Crippen LogP contribution < -0.4 is 15.9 Å². The quantitative estimate of drug-likeness (QED) is 0.554. The molecule has 0 radical (unpaired) electrons. The van der Waals surface area contributed by atoms with Gasteiger partial charge in [0.05, 0.1) is 5.69 Å². The van der Waals surface area contributed by atoms with Crippen molar-refractivity contribution in [1.82, 2.24) is 14.9 Å². The normalized spacial score (nSPS) is 10.3. The number of benzene rings is 1. The molecule has 0 saturated heterocycles. The van der Waals surface area contributed by atoms with Crippen molar-refractivity contribution in [3.63, 3.8) is 0 Å². The molecule has 2 aliphatic rings. The van der Waals surface area contributed by atoms with Crippen molar-refractivity contribution in [2.24, 2.45) is 0 Å². The fourth-order valence-electron chi connectivity index (χ4n) is 1.19. The van der Waals surface area contributed by atoms with E-state index in [9.17, 15) is 15.2 Å². The molecule has 14 heavy (non-hydrogen) atoms. The Labute approximate surface area is 77.7 Å². The summed E-state index contributed by atoms with van der Waals surface area (Å²) in [5.74, 6) is 0. The smallest absolute Gasteiger partial charge is 0.323 e. The van der Waals surface area contributed by atoms with Crippen molar-refractivity contribution in [2.75, 3.05) is 0 Å². The Morgan fingerprint density at radius 1 is 1.29 bits per heavy atom. The van der Waals surface area contributed by atoms with Crippen LogP contribution in [0, 0.1) is 10.4 Å². The summed E-state index contributed by atoms with van der Waals surface area (Å²) < 4.78 is 0. The van der Waals surface area contributed by atoms with Gasteiger partial charge in [0, 0.05) is 23.9 Å². The molecule has 0 atom stereocenters. The second-order valence-corrected chi connectivity index (χ2v) is 2.77. The summed E-state index contributed by atoms with van der Waals surface area (Å²) in [5.41, 5.74) is 0.774. The third-order valence-corrected chi connectivity index (χ3v) is 1.85. The van der Waals surface area contributed by atoms with Gasteiger partial charge in [0.15, 0.2) is 0 Å². The van der Waals surface area contributed by atoms with Crippen molar-refractivity contribution in [1.29, 1.82) is 0 Å². The standard InChI is InChI=1S/C8H6N3O3/c12-8-9-4-5-1-2-6(11(13)14)3-7(5)10-8/h1-4H,(H2-,9,10,12,13,14)/q-1. The number of hydrogen-bond donors (Lipinski definition) is 2. The van der Waals surface area contributed by atoms with E-state index >= 15 is 0 Å². The molecule has 6 heteroatoms. The van der Waals surface area contributed by atoms with Crippen LogP contribution in [0.5, 0.6) is 0 Å². The predicted octanol–water partition coefficient (Wildman–Crippen LogP) is -0.424. The molecule has 2 N–H and O–H groups in total. The average molecular weight is 192 g/mol. The molecular weight excluding hydrogens is 186 g/mol. The Balaban J connectivity index is 2.85. The zero-order valence-electron chi connectivity index (χ0n) is 6.98. The highest BCUT2D eigenvalue weighted by Crippen LogP contribution is 2.11. The lowest BCUT2D eigenvalue weighted by Crippen LogP contribution is -2.20. The van der Waals surface area contributed by atoms with Gasteiger partial charge in [-0.3, -0.25) is 0 Å². The molecule has 72 valence electrons. The third kappa shape index (κ3) is 1.33. The van der Waals surface area contributed by atoms with Gasteiger partial charge in [-0.2, -0.15) is 4.90 Å². The Kier molecular flexibility index (Phi) is 1.74. The molecule has 1 aliphatic carbocycles. The third-order valence-electron chi connectivity index (χ3n) is 1.85. The predicted molar refractivity (Wildman–Crippen MR) is 50.0 cm³/mol. The first-order valence-corrected chi connectivity index (χ1v) is 3.86. The number of aromatic nitrogens is 2. The molecule has 0 fully saturated rings. The zero-order valence-corrected chi connectivity index (χ0v) is 6.98. The maximum Gasteiger partial charge on any atom is 0.323 e. The van der Waals surface area contributed by atoms with Gasteiger partial charge in [0.1, 0.15) is 0 Å². The molecule has 0 aromatic rings. The van der Waals surface area contributed by atoms with Crippen LogP contribution in [0.2, 0.25) is 0 Å². The lowest BCUT2D eigenvalue weighted by atomic mass is 10.1. The summed E-state index contributed by atoms with van der Waals surface area (Å²) in [5, 5.41) is 20.8. The molecule has 0 amide bonds. The second-order valence-electron chi connectivity index (χ2n) is 2.77. The van der Waals surface area contributed by atoms with Crippen molar-refractivity contribution >= 4 is 0 Å². The van der Waals surface area contributed by atoms with Crippen LogP contribution in [-0.2, 0) is 0 Å². The van der Waals surface area contributed by atoms with Crippen molar-refractivity contribution in [2.45, 2.75) is 0 Å². The first-order valence-electron chi connectivity index (χ1n) is 3.86. The SMILES string of the molecule is O=c1[nH]cc2ccc(=[N+]([O-])[O-])cc-2[nH]1. The number of nitrogens with zero attached hydrogens (tertiary/aromatic N) is 1. The number of H-pyrrole nitrogens is 2. The molecule has 1 aliphatic heterocycles. The molecular formula is C8H6N3O3-. The minimum atomic E-state index is -0.505. The van der Waals surface area contributed by atoms with Crippen LogP contribution in [0.25, 0.3) is 11.3 Å². The molecule has 0 aromatic heterocycles. The zero-order chi connectivity index (χ0) is 10.1. The minimum Gasteiger partial charge on any atom is -0.612 e. The van der Waals surface area contributed by atoms with Gasteiger partial charge < -0.3 is 20.4 Å². The van der Waals surface area contributed by atoms with E-state index in [1.54, 1.807) is 6.07 Å². The lowest BCUT2D eigenvalue weighted by Gasteiger charge is -2.05. The van der Waals surface area contributed by atoms with Crippen molar-refractivity contribution < 1.29 is 0 Å². The Morgan fingerprint density at radius 2 is 2.07 bits per heavy atom. The molecule has 0 bridgehead atoms. The van der Waals surface area contributed by atoms with Crippen LogP contribution >= 0.6 is 0 Å². The van der Waals surface area contributed by atoms with E-state index in [1.807, 2.05) is 0 Å². The van der Waals surface area contributed by atoms with Crippen molar-refractivity contribution in [3.05, 3.63) is 50.7 Å². The molecule has 1 heterocycles. The number of rotatable bonds is 0. The number of nitrogens with one attached hydrogen (secondary N) is 2. The first kappa shape index (κ1) is 8.36. The van der Waals surface area contributed by atoms with E-state index < -0.39 is 10.6 Å². The first-order chi connectivity index (χ1) is 6.66. The molecule has 6 nitrogen and oxygen atoms in total. The van der Waals surface area contributed by atoms with Crippen molar-refractivity contribution in [3.8, 4) is 11.3 Å². The molecule has 0 aromatic carbocycles. The largest absolute Gasteiger partial charge is 0.612 e. The van der Waals surface area contributed by atoms with Crippen LogP contribution in [0.1, 0.15) is 0 Å². The van der Waals surface area contributed by atoms with Gasteiger partial charge in [-0.05, 0) is 6.07 Å². The number of fused-ring (bicyclic) bond motifs is 1. The van der Waals surface area contributed by atoms with E-state index in [1.165, 1.54) is 18.3 Å². The van der Waals surface area contributed by atoms with Crippen LogP contribution in [0.3, 0.4) is 0 Å². The van der Waals surface area contributed by atoms with E-state index in [0.29, 0.717) is 5.69 Å². The summed E-state index contributed by atoms with van der Waals surface area (Å²) in [6.07, 6.45) is 1.50. The highest BCUT2D eigenvalue weighted by atomic mass is 16.8. The molecule has 0 unspecified atom stereocenters. The highest BCUT2D eigenvalue weighted by molar-refractivity contribution is 5.58. The topological polar surface area (TPSA) is 97.8 Å². The van der Waals surface area contributed by atoms with Gasteiger partial charge >= 0.3 is 5.69 Å². The van der Waals surface area contributed by atoms with Crippen LogP contribution in [0.15, 0.2) is 29.2 Å². The summed E-state index contributed by atoms with van der Waals surface area (Å²) >= 11 is 0. The summed E-state index contributed by atoms with van der Waals surface area (Å²) in [6.45, 7) is 0. The highest BCUT2D eigenvalue weighted by Gasteiger charge is 2.02. The van der Waals surface area contributed by atoms with E-state index in [4.69, 9.17) is 0 Å². The second kappa shape index (κ2) is 2.91. The average Bonchev–Trinajstić information content (AvgIpc) is 2.16. The molecule has 0 saturated carbocycles. The van der Waals surface area contributed by atoms with Crippen LogP contribution in [0.4, 0.5) is 0 Å². The fourth-order valence-corrected chi connectivity index (χ4v) is 1.19. The van der Waals surface area contributed by atoms with E-state index in [0.717, 1.165) is 5.56 Å². The number of hydrogen-bond acceptors (Lipinski definition) is 3. The van der Waals surface area contributed by atoms with Crippen LogP contribution in [-0.4, -0.2) is 9.97 Å². The maximum absolute atomic E-state index is 10.9. The van der Waals surface area contributed by atoms with Gasteiger partial charge in [-0.15, -0.1) is 0 Å². The Bertz CT molecular complexity index is 550. The van der Waals surface area contributed by atoms with E-state index in [2.05, 4.69) is 9.97 Å². The van der Waals surface area contributed by atoms with Gasteiger partial charge in [0.25, 0.3) is 0 Å². The monoisotopic (exact) mass is 192 g/mol. The minimum absolute atomic E-state index is 0.0423. The summed E-state index contributed by atoms with van der Waals surface area (Å²) in [6, 6.07) is 4.28. The summed E-state index contributed by atoms with van der Waals surface area (Å²) in [7, 11) is 0. The molecule has 2 rings (SSSR count). The lowest BCUT2D eigenvalue weighted by molar-refractivity contribution is 0.963. The molecule has 0 spiro atoms. The summed E-state index contributed by atoms with van der Waals surface area (Å²) in [4.78, 5) is 15.3. The van der Waals surface area contributed by atoms with Gasteiger partial charge in [0.2, 0.25) is 5.36 Å². The fraction of sp³-hybridized carbons (Fsp3) is 0. The van der Waals surface area contributed by atoms with Gasteiger partial charge in [-0.25, -0.2) is 4.79 Å². The van der Waals surface area contributed by atoms with E-state index in [-0.39, 0.29) is 5.36 Å². The maximum atomic E-state index is 10.9. The Morgan fingerprint density at radius 3 is 2.79 bits per heavy atom. The Hall–Kier alpha value is -2.24. The number of aromatic amines is 2.